The van der Waals surface area contributed by atoms with Gasteiger partial charge in [0.2, 0.25) is 0 Å². The number of nitrogens with two attached hydrogens (primary N) is 1. The molecule has 0 unspecified atom stereocenters. The Morgan fingerprint density at radius 1 is 1.38 bits per heavy atom. The van der Waals surface area contributed by atoms with Gasteiger partial charge in [0, 0.05) is 0 Å². The molecular weight excluding hydrogens is 240 g/mol. The van der Waals surface area contributed by atoms with Gasteiger partial charge >= 0.3 is 0 Å². The molecule has 82 valence electrons. The van der Waals surface area contributed by atoms with Crippen molar-refractivity contribution in [2.45, 2.75) is 6.92 Å². The summed E-state index contributed by atoms with van der Waals surface area (Å²) >= 11 is 6.16. The fraction of sp³-hybridized carbons (Fsp3) is 0.0909. The second kappa shape index (κ2) is 4.37. The van der Waals surface area contributed by atoms with E-state index >= 15 is 0 Å². The monoisotopic (exact) mass is 250 g/mol. The van der Waals surface area contributed by atoms with Crippen molar-refractivity contribution in [3.63, 3.8) is 0 Å². The highest BCUT2D eigenvalue weighted by atomic mass is 32.2. The minimum atomic E-state index is -0.240. The van der Waals surface area contributed by atoms with Gasteiger partial charge < -0.3 is 0 Å². The maximum absolute atomic E-state index is 11.6. The summed E-state index contributed by atoms with van der Waals surface area (Å²) in [4.78, 5) is 12.2. The Bertz CT molecular complexity index is 479. The predicted octanol–water partition coefficient (Wildman–Crippen LogP) is 2.07. The van der Waals surface area contributed by atoms with Gasteiger partial charge in [-0.15, -0.1) is 0 Å². The Morgan fingerprint density at radius 3 is 2.50 bits per heavy atom. The number of amides is 1. The minimum Gasteiger partial charge on any atom is -0.267 e. The summed E-state index contributed by atoms with van der Waals surface area (Å²) in [5, 5.41) is 1.00. The molecule has 0 bridgehead atoms. The lowest BCUT2D eigenvalue weighted by Crippen LogP contribution is -2.34. The molecule has 0 radical (unpaired) electrons. The quantitative estimate of drug-likeness (QED) is 0.359. The van der Waals surface area contributed by atoms with Gasteiger partial charge in [0.25, 0.3) is 5.91 Å². The lowest BCUT2D eigenvalue weighted by Gasteiger charge is -2.02. The second-order valence-electron chi connectivity index (χ2n) is 3.46. The van der Waals surface area contributed by atoms with Crippen LogP contribution in [-0.4, -0.2) is 15.2 Å². The van der Waals surface area contributed by atoms with E-state index in [4.69, 9.17) is 18.1 Å². The molecule has 1 aromatic rings. The smallest absolute Gasteiger partial charge is 0.267 e. The highest BCUT2D eigenvalue weighted by Crippen LogP contribution is 2.30. The van der Waals surface area contributed by atoms with Crippen LogP contribution in [0.1, 0.15) is 11.1 Å². The number of aryl methyl sites for hydroxylation is 1. The number of carbonyl (C=O) groups excluding carboxylic acids is 1. The normalized spacial score (nSPS) is 18.6. The molecule has 0 aliphatic carbocycles. The van der Waals surface area contributed by atoms with E-state index in [2.05, 4.69) is 0 Å². The van der Waals surface area contributed by atoms with E-state index in [1.165, 1.54) is 17.3 Å². The molecule has 1 amide bonds. The Kier molecular flexibility index (Phi) is 3.09. The zero-order valence-corrected chi connectivity index (χ0v) is 10.3. The SMILES string of the molecule is Cc1ccc(/C=C2\SC(=S)N(N)C2=O)cc1. The van der Waals surface area contributed by atoms with Gasteiger partial charge in [-0.1, -0.05) is 53.8 Å². The fourth-order valence-electron chi connectivity index (χ4n) is 1.29. The molecule has 2 N–H and O–H groups in total. The summed E-state index contributed by atoms with van der Waals surface area (Å²) in [5.74, 6) is 5.23. The van der Waals surface area contributed by atoms with Crippen molar-refractivity contribution >= 4 is 40.3 Å². The zero-order valence-electron chi connectivity index (χ0n) is 8.64. The van der Waals surface area contributed by atoms with E-state index < -0.39 is 0 Å². The van der Waals surface area contributed by atoms with Crippen molar-refractivity contribution in [2.24, 2.45) is 5.84 Å². The summed E-state index contributed by atoms with van der Waals surface area (Å²) in [6.07, 6.45) is 1.80. The fourth-order valence-corrected chi connectivity index (χ4v) is 2.40. The van der Waals surface area contributed by atoms with Crippen molar-refractivity contribution in [3.8, 4) is 0 Å². The van der Waals surface area contributed by atoms with Crippen molar-refractivity contribution in [1.82, 2.24) is 5.01 Å². The largest absolute Gasteiger partial charge is 0.280 e. The van der Waals surface area contributed by atoms with E-state index in [0.717, 1.165) is 10.6 Å². The Hall–Kier alpha value is -1.17. The highest BCUT2D eigenvalue weighted by molar-refractivity contribution is 8.26. The third-order valence-electron chi connectivity index (χ3n) is 2.20. The van der Waals surface area contributed by atoms with E-state index in [9.17, 15) is 4.79 Å². The van der Waals surface area contributed by atoms with Crippen LogP contribution < -0.4 is 5.84 Å². The van der Waals surface area contributed by atoms with Gasteiger partial charge in [0.1, 0.15) is 0 Å². The standard InChI is InChI=1S/C11H10N2OS2/c1-7-2-4-8(5-3-7)6-9-10(14)13(12)11(15)16-9/h2-6H,12H2,1H3/b9-6-. The maximum atomic E-state index is 11.6. The van der Waals surface area contributed by atoms with Gasteiger partial charge in [-0.2, -0.15) is 0 Å². The number of benzene rings is 1. The van der Waals surface area contributed by atoms with Crippen LogP contribution in [0.2, 0.25) is 0 Å². The molecule has 3 nitrogen and oxygen atoms in total. The number of thiocarbonyl (C=S) groups is 1. The van der Waals surface area contributed by atoms with Gasteiger partial charge in [-0.05, 0) is 18.6 Å². The lowest BCUT2D eigenvalue weighted by atomic mass is 10.1. The average Bonchev–Trinajstić information content (AvgIpc) is 2.50. The molecule has 0 spiro atoms. The molecule has 1 fully saturated rings. The van der Waals surface area contributed by atoms with E-state index in [1.807, 2.05) is 31.2 Å². The number of hydrazine groups is 1. The van der Waals surface area contributed by atoms with Crippen LogP contribution in [0.25, 0.3) is 6.08 Å². The predicted molar refractivity (Wildman–Crippen MR) is 70.4 cm³/mol. The number of thioether (sulfide) groups is 1. The van der Waals surface area contributed by atoms with Crippen molar-refractivity contribution in [1.29, 1.82) is 0 Å². The average molecular weight is 250 g/mol. The summed E-state index contributed by atoms with van der Waals surface area (Å²) in [6, 6.07) is 7.90. The van der Waals surface area contributed by atoms with Crippen LogP contribution in [0.3, 0.4) is 0 Å². The molecule has 0 aromatic heterocycles. The summed E-state index contributed by atoms with van der Waals surface area (Å²) < 4.78 is 0.392. The highest BCUT2D eigenvalue weighted by Gasteiger charge is 2.29. The molecule has 2 rings (SSSR count). The molecule has 16 heavy (non-hydrogen) atoms. The van der Waals surface area contributed by atoms with Gasteiger partial charge in [0.05, 0.1) is 4.91 Å². The summed E-state index contributed by atoms with van der Waals surface area (Å²) in [5.41, 5.74) is 2.16. The summed E-state index contributed by atoms with van der Waals surface area (Å²) in [7, 11) is 0. The molecule has 0 atom stereocenters. The van der Waals surface area contributed by atoms with Crippen molar-refractivity contribution < 1.29 is 4.79 Å². The molecule has 0 saturated carbocycles. The first-order valence-electron chi connectivity index (χ1n) is 4.67. The summed E-state index contributed by atoms with van der Waals surface area (Å²) in [6.45, 7) is 2.02. The molecular formula is C11H10N2OS2. The number of nitrogens with zero attached hydrogens (tertiary/aromatic N) is 1. The Labute approximate surface area is 103 Å². The molecule has 1 aliphatic heterocycles. The first-order chi connectivity index (χ1) is 7.58. The maximum Gasteiger partial charge on any atom is 0.280 e. The molecule has 1 aliphatic rings. The molecule has 1 heterocycles. The molecule has 1 aromatic carbocycles. The van der Waals surface area contributed by atoms with Gasteiger partial charge in [0.15, 0.2) is 4.32 Å². The third kappa shape index (κ3) is 2.16. The minimum absolute atomic E-state index is 0.240. The molecule has 5 heteroatoms. The van der Waals surface area contributed by atoms with Crippen LogP contribution in [0.5, 0.6) is 0 Å². The zero-order chi connectivity index (χ0) is 11.7. The number of hydrogen-bond donors (Lipinski definition) is 1. The van der Waals surface area contributed by atoms with Gasteiger partial charge in [-0.25, -0.2) is 10.9 Å². The number of rotatable bonds is 1. The number of hydrogen-bond acceptors (Lipinski definition) is 4. The lowest BCUT2D eigenvalue weighted by molar-refractivity contribution is -0.122. The van der Waals surface area contributed by atoms with Crippen LogP contribution in [0.15, 0.2) is 29.2 Å². The topological polar surface area (TPSA) is 46.3 Å². The van der Waals surface area contributed by atoms with E-state index in [0.29, 0.717) is 9.23 Å². The van der Waals surface area contributed by atoms with Gasteiger partial charge in [-0.3, -0.25) is 4.79 Å². The first kappa shape index (κ1) is 11.3. The Balaban J connectivity index is 2.29. The number of carbonyl (C=O) groups is 1. The van der Waals surface area contributed by atoms with Crippen molar-refractivity contribution in [2.75, 3.05) is 0 Å². The van der Waals surface area contributed by atoms with Crippen LogP contribution in [0.4, 0.5) is 0 Å². The van der Waals surface area contributed by atoms with Crippen molar-refractivity contribution in [3.05, 3.63) is 40.3 Å². The van der Waals surface area contributed by atoms with E-state index in [-0.39, 0.29) is 5.91 Å². The third-order valence-corrected chi connectivity index (χ3v) is 3.53. The molecule has 1 saturated heterocycles. The van der Waals surface area contributed by atoms with Crippen LogP contribution in [0, 0.1) is 6.92 Å². The Morgan fingerprint density at radius 2 is 2.00 bits per heavy atom. The first-order valence-corrected chi connectivity index (χ1v) is 5.90. The van der Waals surface area contributed by atoms with Crippen LogP contribution >= 0.6 is 24.0 Å². The van der Waals surface area contributed by atoms with Crippen LogP contribution in [-0.2, 0) is 4.79 Å². The van der Waals surface area contributed by atoms with E-state index in [1.54, 1.807) is 6.08 Å². The second-order valence-corrected chi connectivity index (χ2v) is 5.14.